The van der Waals surface area contributed by atoms with Crippen LogP contribution in [0.25, 0.3) is 0 Å². The third kappa shape index (κ3) is 10.3. The Kier molecular flexibility index (Phi) is 11.5. The van der Waals surface area contributed by atoms with Gasteiger partial charge >= 0.3 is 0 Å². The first-order valence-electron chi connectivity index (χ1n) is 13.2. The summed E-state index contributed by atoms with van der Waals surface area (Å²) in [6.45, 7) is 15.9. The van der Waals surface area contributed by atoms with Crippen molar-refractivity contribution in [2.75, 3.05) is 66.2 Å². The van der Waals surface area contributed by atoms with Gasteiger partial charge in [-0.25, -0.2) is 0 Å². The highest BCUT2D eigenvalue weighted by atomic mass is 16.3. The Morgan fingerprint density at radius 3 is 0.917 bits per heavy atom. The second kappa shape index (κ2) is 14.1. The van der Waals surface area contributed by atoms with Gasteiger partial charge in [0.2, 0.25) is 0 Å². The number of hydrogen-bond donors (Lipinski definition) is 4. The molecule has 3 rings (SSSR count). The second-order valence-corrected chi connectivity index (χ2v) is 11.1. The third-order valence-electron chi connectivity index (χ3n) is 6.33. The molecule has 4 unspecified atom stereocenters. The van der Waals surface area contributed by atoms with Crippen LogP contribution < -0.4 is 0 Å². The second-order valence-electron chi connectivity index (χ2n) is 11.1. The molecule has 0 bridgehead atoms. The number of rotatable bonds is 12. The van der Waals surface area contributed by atoms with Crippen molar-refractivity contribution in [2.45, 2.75) is 65.2 Å². The van der Waals surface area contributed by atoms with E-state index in [1.54, 1.807) is 0 Å². The topological polar surface area (TPSA) is 100 Å². The monoisotopic (exact) mass is 508 g/mol. The van der Waals surface area contributed by atoms with Gasteiger partial charge in [-0.05, 0) is 38.8 Å². The third-order valence-corrected chi connectivity index (χ3v) is 6.33. The maximum Gasteiger partial charge on any atom is 0.0640 e. The molecule has 0 spiro atoms. The number of aliphatic hydroxyl groups excluding tert-OH is 4. The van der Waals surface area contributed by atoms with E-state index < -0.39 is 0 Å². The minimum Gasteiger partial charge on any atom is -0.392 e. The van der Waals surface area contributed by atoms with Gasteiger partial charge in [0.05, 0.1) is 64.4 Å². The molecular weight excluding hydrogens is 460 g/mol. The largest absolute Gasteiger partial charge is 0.392 e. The van der Waals surface area contributed by atoms with Gasteiger partial charge in [0.15, 0.2) is 0 Å². The summed E-state index contributed by atoms with van der Waals surface area (Å²) >= 11 is 0. The molecule has 1 aromatic rings. The van der Waals surface area contributed by atoms with E-state index >= 15 is 0 Å². The highest BCUT2D eigenvalue weighted by Crippen LogP contribution is 2.17. The van der Waals surface area contributed by atoms with Gasteiger partial charge < -0.3 is 20.4 Å². The van der Waals surface area contributed by atoms with Crippen LogP contribution >= 0.6 is 0 Å². The lowest BCUT2D eigenvalue weighted by Crippen LogP contribution is -2.56. The molecule has 0 aliphatic carbocycles. The lowest BCUT2D eigenvalue weighted by atomic mass is 10.1. The molecule has 4 atom stereocenters. The minimum absolute atomic E-state index is 0.388. The highest BCUT2D eigenvalue weighted by Gasteiger charge is 2.26. The van der Waals surface area contributed by atoms with Crippen LogP contribution in [-0.4, -0.2) is 140 Å². The molecule has 1 aromatic carbocycles. The fourth-order valence-corrected chi connectivity index (χ4v) is 5.39. The van der Waals surface area contributed by atoms with E-state index in [1.165, 1.54) is 11.1 Å². The van der Waals surface area contributed by atoms with E-state index in [4.69, 9.17) is 0 Å². The van der Waals surface area contributed by atoms with Gasteiger partial charge in [-0.2, -0.15) is 0 Å². The van der Waals surface area contributed by atoms with Crippen LogP contribution in [0.3, 0.4) is 0 Å². The summed E-state index contributed by atoms with van der Waals surface area (Å²) in [5.74, 6) is 0. The van der Waals surface area contributed by atoms with Crippen molar-refractivity contribution >= 4 is 0 Å². The Hall–Kier alpha value is -1.18. The van der Waals surface area contributed by atoms with E-state index in [1.807, 2.05) is 27.7 Å². The van der Waals surface area contributed by atoms with Crippen LogP contribution in [0.2, 0.25) is 0 Å². The standard InChI is InChI=1S/C26H48N6O4/c1-21(33)9-27-15-28(10-22(2)34)18-31(17-27)13-25-5-7-26(8-6-25)14-32-19-29(11-23(3)35)16-30(20-32)12-24(4)36/h5-8,21-24,33-36H,9-20H2,1-4H3. The number of benzene rings is 1. The van der Waals surface area contributed by atoms with E-state index in [-0.39, 0.29) is 24.4 Å². The molecule has 2 heterocycles. The summed E-state index contributed by atoms with van der Waals surface area (Å²) in [6, 6.07) is 8.75. The van der Waals surface area contributed by atoms with Gasteiger partial charge in [-0.3, -0.25) is 29.4 Å². The molecule has 2 fully saturated rings. The van der Waals surface area contributed by atoms with E-state index in [0.29, 0.717) is 26.2 Å². The molecule has 36 heavy (non-hydrogen) atoms. The SMILES string of the molecule is CC(O)CN1CN(Cc2ccc(CN3CN(CC(C)O)CN(CC(C)O)C3)cc2)CN(CC(C)O)C1. The maximum absolute atomic E-state index is 9.87. The molecule has 10 nitrogen and oxygen atoms in total. The fraction of sp³-hybridized carbons (Fsp3) is 0.769. The summed E-state index contributed by atoms with van der Waals surface area (Å²) in [5, 5.41) is 39.5. The van der Waals surface area contributed by atoms with Crippen molar-refractivity contribution in [3.05, 3.63) is 35.4 Å². The van der Waals surface area contributed by atoms with Crippen molar-refractivity contribution in [1.29, 1.82) is 0 Å². The van der Waals surface area contributed by atoms with Crippen molar-refractivity contribution in [1.82, 2.24) is 29.4 Å². The van der Waals surface area contributed by atoms with E-state index in [9.17, 15) is 20.4 Å². The number of hydrogen-bond acceptors (Lipinski definition) is 10. The van der Waals surface area contributed by atoms with Crippen LogP contribution in [0.5, 0.6) is 0 Å². The molecule has 2 aliphatic heterocycles. The van der Waals surface area contributed by atoms with Gasteiger partial charge in [0.25, 0.3) is 0 Å². The summed E-state index contributed by atoms with van der Waals surface area (Å²) in [6.07, 6.45) is -1.55. The Labute approximate surface area is 216 Å². The van der Waals surface area contributed by atoms with Gasteiger partial charge in [-0.15, -0.1) is 0 Å². The maximum atomic E-state index is 9.87. The van der Waals surface area contributed by atoms with Crippen LogP contribution in [0.4, 0.5) is 0 Å². The first kappa shape index (κ1) is 29.4. The van der Waals surface area contributed by atoms with Gasteiger partial charge in [0.1, 0.15) is 0 Å². The molecule has 0 amide bonds. The molecule has 0 aromatic heterocycles. The summed E-state index contributed by atoms with van der Waals surface area (Å²) in [7, 11) is 0. The van der Waals surface area contributed by atoms with Gasteiger partial charge in [-0.1, -0.05) is 24.3 Å². The zero-order valence-electron chi connectivity index (χ0n) is 22.6. The zero-order valence-corrected chi connectivity index (χ0v) is 22.6. The summed E-state index contributed by atoms with van der Waals surface area (Å²) in [5.41, 5.74) is 2.47. The molecule has 2 aliphatic rings. The smallest absolute Gasteiger partial charge is 0.0640 e. The Balaban J connectivity index is 1.58. The van der Waals surface area contributed by atoms with Crippen LogP contribution in [-0.2, 0) is 13.1 Å². The van der Waals surface area contributed by atoms with Crippen molar-refractivity contribution in [3.63, 3.8) is 0 Å². The lowest BCUT2D eigenvalue weighted by Gasteiger charge is -2.43. The first-order chi connectivity index (χ1) is 17.0. The summed E-state index contributed by atoms with van der Waals surface area (Å²) < 4.78 is 0. The summed E-state index contributed by atoms with van der Waals surface area (Å²) in [4.78, 5) is 13.6. The molecule has 2 saturated heterocycles. The Morgan fingerprint density at radius 2 is 0.694 bits per heavy atom. The van der Waals surface area contributed by atoms with Crippen LogP contribution in [0.15, 0.2) is 24.3 Å². The quantitative estimate of drug-likeness (QED) is 0.304. The average molecular weight is 509 g/mol. The fourth-order valence-electron chi connectivity index (χ4n) is 5.39. The lowest BCUT2D eigenvalue weighted by molar-refractivity contribution is -0.0601. The van der Waals surface area contributed by atoms with Crippen molar-refractivity contribution in [3.8, 4) is 0 Å². The highest BCUT2D eigenvalue weighted by molar-refractivity contribution is 5.22. The Morgan fingerprint density at radius 1 is 0.472 bits per heavy atom. The van der Waals surface area contributed by atoms with Crippen LogP contribution in [0.1, 0.15) is 38.8 Å². The predicted molar refractivity (Wildman–Crippen MR) is 140 cm³/mol. The molecule has 10 heteroatoms. The van der Waals surface area contributed by atoms with Crippen molar-refractivity contribution in [2.24, 2.45) is 0 Å². The van der Waals surface area contributed by atoms with Crippen molar-refractivity contribution < 1.29 is 20.4 Å². The molecule has 206 valence electrons. The predicted octanol–water partition coefficient (Wildman–Crippen LogP) is -0.206. The van der Waals surface area contributed by atoms with Crippen LogP contribution in [0, 0.1) is 0 Å². The van der Waals surface area contributed by atoms with E-state index in [2.05, 4.69) is 53.7 Å². The molecular formula is C26H48N6O4. The number of nitrogens with zero attached hydrogens (tertiary/aromatic N) is 6. The first-order valence-corrected chi connectivity index (χ1v) is 13.2. The normalized spacial score (nSPS) is 23.6. The number of aliphatic hydroxyl groups is 4. The molecule has 0 radical (unpaired) electrons. The van der Waals surface area contributed by atoms with Gasteiger partial charge in [0, 0.05) is 39.3 Å². The Bertz CT molecular complexity index is 664. The minimum atomic E-state index is -0.388. The molecule has 0 saturated carbocycles. The van der Waals surface area contributed by atoms with E-state index in [0.717, 1.165) is 53.1 Å². The average Bonchev–Trinajstić information content (AvgIpc) is 2.73. The number of β-amino-alcohol motifs (C(OH)–C–C–N with tert-alkyl or cyclic N) is 4. The zero-order chi connectivity index (χ0) is 26.2. The molecule has 4 N–H and O–H groups in total.